The molecule has 0 saturated carbocycles. The van der Waals surface area contributed by atoms with Gasteiger partial charge in [0.15, 0.2) is 0 Å². The molecule has 2 saturated heterocycles. The highest BCUT2D eigenvalue weighted by Gasteiger charge is 2.50. The van der Waals surface area contributed by atoms with Crippen LogP contribution in [0, 0.1) is 5.92 Å². The minimum atomic E-state index is -0.737. The normalized spacial score (nSPS) is 22.9. The Kier molecular flexibility index (Phi) is 9.87. The molecule has 1 aromatic rings. The number of hydrogen-bond acceptors (Lipinski definition) is 7. The minimum Gasteiger partial charge on any atom is -0.465 e. The van der Waals surface area contributed by atoms with Gasteiger partial charge in [-0.1, -0.05) is 30.3 Å². The quantitative estimate of drug-likeness (QED) is 0.489. The molecule has 1 N–H and O–H groups in total. The molecular formula is C27H39N3O6. The Morgan fingerprint density at radius 2 is 1.78 bits per heavy atom. The number of benzene rings is 1. The monoisotopic (exact) mass is 501 g/mol. The van der Waals surface area contributed by atoms with Crippen molar-refractivity contribution in [1.29, 1.82) is 0 Å². The summed E-state index contributed by atoms with van der Waals surface area (Å²) in [5.74, 6) is -1.04. The number of aryl methyl sites for hydroxylation is 1. The Hall–Kier alpha value is -2.94. The van der Waals surface area contributed by atoms with E-state index >= 15 is 0 Å². The average Bonchev–Trinajstić information content (AvgIpc) is 3.25. The Bertz CT molecular complexity index is 923. The van der Waals surface area contributed by atoms with Crippen molar-refractivity contribution >= 4 is 23.8 Å². The smallest absolute Gasteiger partial charge is 0.328 e. The molecule has 2 amide bonds. The molecule has 0 aliphatic carbocycles. The van der Waals surface area contributed by atoms with Crippen molar-refractivity contribution in [3.63, 3.8) is 0 Å². The van der Waals surface area contributed by atoms with E-state index in [1.807, 2.05) is 30.3 Å². The zero-order valence-corrected chi connectivity index (χ0v) is 21.8. The molecule has 198 valence electrons. The lowest BCUT2D eigenvalue weighted by molar-refractivity contribution is -0.156. The van der Waals surface area contributed by atoms with Gasteiger partial charge in [0.25, 0.3) is 0 Å². The molecule has 9 nitrogen and oxygen atoms in total. The van der Waals surface area contributed by atoms with Crippen LogP contribution in [0.25, 0.3) is 0 Å². The first-order chi connectivity index (χ1) is 17.3. The van der Waals surface area contributed by atoms with Gasteiger partial charge in [-0.05, 0) is 57.9 Å². The molecule has 0 spiro atoms. The van der Waals surface area contributed by atoms with E-state index in [4.69, 9.17) is 9.47 Å². The van der Waals surface area contributed by atoms with Crippen LogP contribution in [0.15, 0.2) is 30.3 Å². The van der Waals surface area contributed by atoms with Gasteiger partial charge in [0.1, 0.15) is 12.1 Å². The van der Waals surface area contributed by atoms with Crippen LogP contribution < -0.4 is 5.32 Å². The number of ether oxygens (including phenoxy) is 2. The van der Waals surface area contributed by atoms with Gasteiger partial charge >= 0.3 is 11.9 Å². The lowest BCUT2D eigenvalue weighted by Crippen LogP contribution is -2.58. The van der Waals surface area contributed by atoms with Gasteiger partial charge in [0.2, 0.25) is 11.8 Å². The fourth-order valence-corrected chi connectivity index (χ4v) is 5.32. The van der Waals surface area contributed by atoms with E-state index in [2.05, 4.69) is 5.32 Å². The number of hydrogen-bond donors (Lipinski definition) is 1. The van der Waals surface area contributed by atoms with Crippen LogP contribution in [0.5, 0.6) is 0 Å². The summed E-state index contributed by atoms with van der Waals surface area (Å²) in [6, 6.07) is 7.44. The molecule has 2 fully saturated rings. The van der Waals surface area contributed by atoms with Crippen molar-refractivity contribution in [2.75, 3.05) is 26.3 Å². The second-order valence-corrected chi connectivity index (χ2v) is 9.55. The van der Waals surface area contributed by atoms with Crippen LogP contribution in [0.3, 0.4) is 0 Å². The molecule has 9 heteroatoms. The van der Waals surface area contributed by atoms with Gasteiger partial charge < -0.3 is 19.3 Å². The van der Waals surface area contributed by atoms with E-state index in [-0.39, 0.29) is 37.0 Å². The maximum atomic E-state index is 13.8. The Morgan fingerprint density at radius 1 is 1.08 bits per heavy atom. The molecule has 2 aliphatic heterocycles. The zero-order valence-electron chi connectivity index (χ0n) is 21.8. The maximum absolute atomic E-state index is 13.8. The Balaban J connectivity index is 1.77. The van der Waals surface area contributed by atoms with Gasteiger partial charge in [0.05, 0.1) is 25.3 Å². The summed E-state index contributed by atoms with van der Waals surface area (Å²) in [4.78, 5) is 54.7. The molecule has 1 aromatic carbocycles. The second kappa shape index (κ2) is 12.9. The lowest BCUT2D eigenvalue weighted by atomic mass is 9.91. The fourth-order valence-electron chi connectivity index (χ4n) is 5.32. The summed E-state index contributed by atoms with van der Waals surface area (Å²) in [5.41, 5.74) is 1.09. The fraction of sp³-hybridized carbons (Fsp3) is 0.630. The van der Waals surface area contributed by atoms with Gasteiger partial charge in [-0.25, -0.2) is 4.79 Å². The number of likely N-dealkylation sites (tertiary alicyclic amines) is 2. The van der Waals surface area contributed by atoms with E-state index in [1.54, 1.807) is 30.6 Å². The first-order valence-corrected chi connectivity index (χ1v) is 13.0. The second-order valence-electron chi connectivity index (χ2n) is 9.55. The number of carbonyl (C=O) groups is 4. The van der Waals surface area contributed by atoms with Crippen molar-refractivity contribution in [3.05, 3.63) is 35.9 Å². The molecule has 2 aliphatic rings. The summed E-state index contributed by atoms with van der Waals surface area (Å²) < 4.78 is 10.6. The number of piperidine rings is 1. The predicted octanol–water partition coefficient (Wildman–Crippen LogP) is 1.93. The van der Waals surface area contributed by atoms with Crippen molar-refractivity contribution in [3.8, 4) is 0 Å². The summed E-state index contributed by atoms with van der Waals surface area (Å²) in [6.07, 6.45) is 2.36. The van der Waals surface area contributed by atoms with E-state index in [0.29, 0.717) is 32.4 Å². The molecule has 3 rings (SSSR count). The van der Waals surface area contributed by atoms with Crippen LogP contribution in [-0.4, -0.2) is 84.0 Å². The number of fused-ring (bicyclic) bond motifs is 1. The summed E-state index contributed by atoms with van der Waals surface area (Å²) >= 11 is 0. The van der Waals surface area contributed by atoms with Crippen LogP contribution in [0.1, 0.15) is 52.5 Å². The molecule has 2 heterocycles. The highest BCUT2D eigenvalue weighted by molar-refractivity contribution is 5.89. The zero-order chi connectivity index (χ0) is 26.2. The number of nitrogens with one attached hydrogen (secondary N) is 1. The first kappa shape index (κ1) is 27.6. The van der Waals surface area contributed by atoms with Gasteiger partial charge in [-0.2, -0.15) is 0 Å². The van der Waals surface area contributed by atoms with Crippen LogP contribution in [-0.2, 0) is 35.1 Å². The molecule has 0 radical (unpaired) electrons. The molecule has 0 aromatic heterocycles. The Morgan fingerprint density at radius 3 is 2.42 bits per heavy atom. The highest BCUT2D eigenvalue weighted by Crippen LogP contribution is 2.37. The molecular weight excluding hydrogens is 462 g/mol. The average molecular weight is 502 g/mol. The summed E-state index contributed by atoms with van der Waals surface area (Å²) in [5, 5.41) is 3.17. The standard InChI is InChI=1S/C27H39N3O6/c1-5-35-26(33)22(13-12-20-10-8-7-9-11-20)28-18(3)25(32)30-23(27(34)36-6-2)16-21-14-15-29(19(4)31)17-24(21)30/h7-11,18,21-24,28H,5-6,12-17H2,1-4H3/t18-,21+,22+,23-,24-/m0/s1. The number of amides is 2. The molecule has 36 heavy (non-hydrogen) atoms. The minimum absolute atomic E-state index is 0.0464. The van der Waals surface area contributed by atoms with Crippen molar-refractivity contribution < 1.29 is 28.7 Å². The maximum Gasteiger partial charge on any atom is 0.328 e. The van der Waals surface area contributed by atoms with Crippen molar-refractivity contribution in [2.24, 2.45) is 5.92 Å². The highest BCUT2D eigenvalue weighted by atomic mass is 16.5. The lowest BCUT2D eigenvalue weighted by Gasteiger charge is -2.39. The third-order valence-electron chi connectivity index (χ3n) is 7.16. The van der Waals surface area contributed by atoms with Gasteiger partial charge in [0, 0.05) is 20.0 Å². The largest absolute Gasteiger partial charge is 0.465 e. The summed E-state index contributed by atoms with van der Waals surface area (Å²) in [6.45, 7) is 8.19. The van der Waals surface area contributed by atoms with Gasteiger partial charge in [-0.3, -0.25) is 19.7 Å². The third-order valence-corrected chi connectivity index (χ3v) is 7.16. The van der Waals surface area contributed by atoms with Crippen molar-refractivity contribution in [2.45, 2.75) is 77.5 Å². The van der Waals surface area contributed by atoms with Crippen LogP contribution in [0.2, 0.25) is 0 Å². The molecule has 0 unspecified atom stereocenters. The molecule has 0 bridgehead atoms. The van der Waals surface area contributed by atoms with Gasteiger partial charge in [-0.15, -0.1) is 0 Å². The van der Waals surface area contributed by atoms with E-state index in [1.165, 1.54) is 6.92 Å². The topological polar surface area (TPSA) is 105 Å². The Labute approximate surface area is 213 Å². The first-order valence-electron chi connectivity index (χ1n) is 13.0. The van der Waals surface area contributed by atoms with Crippen LogP contribution in [0.4, 0.5) is 0 Å². The number of esters is 2. The number of carbonyl (C=O) groups excluding carboxylic acids is 4. The van der Waals surface area contributed by atoms with E-state index < -0.39 is 30.1 Å². The van der Waals surface area contributed by atoms with Crippen LogP contribution >= 0.6 is 0 Å². The van der Waals surface area contributed by atoms with E-state index in [0.717, 1.165) is 12.0 Å². The number of nitrogens with zero attached hydrogens (tertiary/aromatic N) is 2. The molecule has 5 atom stereocenters. The SMILES string of the molecule is CCOC(=O)[C@@H](CCc1ccccc1)N[C@@H](C)C(=O)N1[C@H](C(=O)OCC)C[C@H]2CCN(C(C)=O)C[C@@H]21. The third kappa shape index (κ3) is 6.63. The summed E-state index contributed by atoms with van der Waals surface area (Å²) in [7, 11) is 0. The van der Waals surface area contributed by atoms with E-state index in [9.17, 15) is 19.2 Å². The predicted molar refractivity (Wildman–Crippen MR) is 134 cm³/mol. The number of rotatable bonds is 10. The van der Waals surface area contributed by atoms with Crippen molar-refractivity contribution in [1.82, 2.24) is 15.1 Å².